The van der Waals surface area contributed by atoms with Gasteiger partial charge in [0.2, 0.25) is 0 Å². The van der Waals surface area contributed by atoms with Crippen molar-refractivity contribution in [3.63, 3.8) is 0 Å². The highest BCUT2D eigenvalue weighted by Gasteiger charge is 2.36. The fraction of sp³-hybridized carbons (Fsp3) is 0.370. The molecule has 2 heterocycles. The molecular formula is C27H27F3N2O4. The molecule has 1 atom stereocenters. The summed E-state index contributed by atoms with van der Waals surface area (Å²) in [6.07, 6.45) is -0.953. The number of hydrogen-bond donors (Lipinski definition) is 1. The highest BCUT2D eigenvalue weighted by Crippen LogP contribution is 2.39. The molecule has 1 aromatic heterocycles. The van der Waals surface area contributed by atoms with Crippen LogP contribution >= 0.6 is 0 Å². The number of benzene rings is 2. The van der Waals surface area contributed by atoms with E-state index in [2.05, 4.69) is 0 Å². The topological polar surface area (TPSA) is 63.9 Å². The van der Waals surface area contributed by atoms with E-state index in [9.17, 15) is 23.1 Å². The number of halogens is 3. The van der Waals surface area contributed by atoms with Gasteiger partial charge in [-0.1, -0.05) is 0 Å². The smallest absolute Gasteiger partial charge is 0.418 e. The number of aryl methyl sites for hydroxylation is 1. The number of β-amino-alcohol motifs (C(OH)–C–C–N with tert-alkyl or cyclic N) is 1. The Morgan fingerprint density at radius 2 is 1.75 bits per heavy atom. The fourth-order valence-corrected chi connectivity index (χ4v) is 5.22. The van der Waals surface area contributed by atoms with Crippen LogP contribution in [0.4, 0.5) is 18.9 Å². The zero-order chi connectivity index (χ0) is 25.6. The van der Waals surface area contributed by atoms with Crippen molar-refractivity contribution < 1.29 is 27.8 Å². The summed E-state index contributed by atoms with van der Waals surface area (Å²) in [5.41, 5.74) is 1.48. The first kappa shape index (κ1) is 24.2. The Labute approximate surface area is 206 Å². The summed E-state index contributed by atoms with van der Waals surface area (Å²) in [5, 5.41) is 9.93. The summed E-state index contributed by atoms with van der Waals surface area (Å²) in [7, 11) is 3.01. The van der Waals surface area contributed by atoms with Crippen LogP contribution in [0, 0.1) is 0 Å². The minimum atomic E-state index is -4.66. The van der Waals surface area contributed by atoms with E-state index in [4.69, 9.17) is 9.47 Å². The minimum absolute atomic E-state index is 0.225. The maximum Gasteiger partial charge on any atom is 0.418 e. The summed E-state index contributed by atoms with van der Waals surface area (Å²) in [6, 6.07) is 8.91. The molecule has 5 rings (SSSR count). The highest BCUT2D eigenvalue weighted by atomic mass is 19.4. The summed E-state index contributed by atoms with van der Waals surface area (Å²) in [4.78, 5) is 15.8. The lowest BCUT2D eigenvalue weighted by Crippen LogP contribution is -2.26. The van der Waals surface area contributed by atoms with Gasteiger partial charge in [0.25, 0.3) is 5.56 Å². The zero-order valence-corrected chi connectivity index (χ0v) is 20.1. The number of rotatable bonds is 5. The van der Waals surface area contributed by atoms with Gasteiger partial charge in [0.1, 0.15) is 11.5 Å². The second-order valence-corrected chi connectivity index (χ2v) is 9.23. The van der Waals surface area contributed by atoms with Gasteiger partial charge in [-0.3, -0.25) is 9.36 Å². The van der Waals surface area contributed by atoms with Crippen LogP contribution in [0.1, 0.15) is 29.5 Å². The summed E-state index contributed by atoms with van der Waals surface area (Å²) < 4.78 is 54.3. The molecule has 36 heavy (non-hydrogen) atoms. The maximum absolute atomic E-state index is 14.1. The molecule has 1 saturated heterocycles. The summed E-state index contributed by atoms with van der Waals surface area (Å²) in [6.45, 7) is 0.860. The van der Waals surface area contributed by atoms with Crippen LogP contribution < -0.4 is 19.9 Å². The first-order valence-electron chi connectivity index (χ1n) is 11.8. The Morgan fingerprint density at radius 1 is 1.03 bits per heavy atom. The molecule has 2 aromatic carbocycles. The van der Waals surface area contributed by atoms with E-state index >= 15 is 0 Å². The van der Waals surface area contributed by atoms with Gasteiger partial charge in [-0.15, -0.1) is 0 Å². The van der Waals surface area contributed by atoms with Crippen LogP contribution in [0.2, 0.25) is 0 Å². The van der Waals surface area contributed by atoms with Gasteiger partial charge in [-0.25, -0.2) is 0 Å². The summed E-state index contributed by atoms with van der Waals surface area (Å²) >= 11 is 0. The van der Waals surface area contributed by atoms with Crippen LogP contribution in [0.15, 0.2) is 47.4 Å². The van der Waals surface area contributed by atoms with E-state index in [1.165, 1.54) is 26.4 Å². The van der Waals surface area contributed by atoms with Gasteiger partial charge in [0, 0.05) is 31.0 Å². The molecule has 1 N–H and O–H groups in total. The number of ether oxygens (including phenoxy) is 2. The molecule has 0 amide bonds. The number of nitrogens with zero attached hydrogens (tertiary/aromatic N) is 2. The largest absolute Gasteiger partial charge is 0.497 e. The first-order valence-corrected chi connectivity index (χ1v) is 11.8. The third-order valence-corrected chi connectivity index (χ3v) is 6.99. The Balaban J connectivity index is 1.76. The predicted octanol–water partition coefficient (Wildman–Crippen LogP) is 4.60. The van der Waals surface area contributed by atoms with Gasteiger partial charge in [-0.2, -0.15) is 13.2 Å². The lowest BCUT2D eigenvalue weighted by atomic mass is 9.98. The van der Waals surface area contributed by atoms with Gasteiger partial charge >= 0.3 is 6.18 Å². The van der Waals surface area contributed by atoms with Crippen molar-refractivity contribution in [1.82, 2.24) is 4.57 Å². The predicted molar refractivity (Wildman–Crippen MR) is 130 cm³/mol. The summed E-state index contributed by atoms with van der Waals surface area (Å²) in [5.74, 6) is 0.966. The molecule has 2 aliphatic rings. The number of anilines is 1. The molecule has 190 valence electrons. The van der Waals surface area contributed by atoms with Crippen LogP contribution in [0.5, 0.6) is 11.5 Å². The molecule has 0 spiro atoms. The Bertz CT molecular complexity index is 1340. The standard InChI is InChI=1S/C27H27F3N2O4/c1-35-20-10-17(11-21(13-20)36-2)25-22-5-3-4-16(22)14-32(26(25)34)24-12-18(31-9-8-19(33)15-31)6-7-23(24)27(28,29)30/h6-7,10-14,19,33H,3-5,8-9,15H2,1-2H3. The number of methoxy groups -OCH3 is 2. The van der Waals surface area contributed by atoms with E-state index in [0.717, 1.165) is 28.2 Å². The number of fused-ring (bicyclic) bond motifs is 1. The number of aliphatic hydroxyl groups is 1. The number of alkyl halides is 3. The fourth-order valence-electron chi connectivity index (χ4n) is 5.22. The number of aromatic nitrogens is 1. The molecule has 6 nitrogen and oxygen atoms in total. The third-order valence-electron chi connectivity index (χ3n) is 6.99. The molecule has 3 aromatic rings. The molecule has 1 aliphatic heterocycles. The monoisotopic (exact) mass is 500 g/mol. The normalized spacial score (nSPS) is 17.4. The average Bonchev–Trinajstić information content (AvgIpc) is 3.51. The van der Waals surface area contributed by atoms with Crippen molar-refractivity contribution in [3.8, 4) is 28.3 Å². The van der Waals surface area contributed by atoms with Crippen molar-refractivity contribution in [2.45, 2.75) is 38.0 Å². The van der Waals surface area contributed by atoms with Crippen molar-refractivity contribution in [1.29, 1.82) is 0 Å². The molecule has 1 fully saturated rings. The molecule has 0 saturated carbocycles. The van der Waals surface area contributed by atoms with Crippen molar-refractivity contribution in [3.05, 3.63) is 69.6 Å². The molecular weight excluding hydrogens is 473 g/mol. The van der Waals surface area contributed by atoms with Crippen molar-refractivity contribution in [2.75, 3.05) is 32.2 Å². The van der Waals surface area contributed by atoms with E-state index in [1.54, 1.807) is 24.4 Å². The lowest BCUT2D eigenvalue weighted by Gasteiger charge is -2.23. The minimum Gasteiger partial charge on any atom is -0.497 e. The Hall–Kier alpha value is -3.46. The van der Waals surface area contributed by atoms with Crippen molar-refractivity contribution in [2.24, 2.45) is 0 Å². The Kier molecular flexibility index (Phi) is 6.20. The number of aliphatic hydroxyl groups excluding tert-OH is 1. The third kappa shape index (κ3) is 4.32. The second-order valence-electron chi connectivity index (χ2n) is 9.23. The maximum atomic E-state index is 14.1. The lowest BCUT2D eigenvalue weighted by molar-refractivity contribution is -0.137. The SMILES string of the molecule is COc1cc(OC)cc(-c2c3c(cn(-c4cc(N5CCC(O)C5)ccc4C(F)(F)F)c2=O)CCC3)c1. The zero-order valence-electron chi connectivity index (χ0n) is 20.1. The van der Waals surface area contributed by atoms with Crippen LogP contribution in [0.3, 0.4) is 0 Å². The van der Waals surface area contributed by atoms with Crippen LogP contribution in [-0.4, -0.2) is 43.1 Å². The highest BCUT2D eigenvalue weighted by molar-refractivity contribution is 5.72. The molecule has 0 radical (unpaired) electrons. The Morgan fingerprint density at radius 3 is 2.36 bits per heavy atom. The van der Waals surface area contributed by atoms with Crippen LogP contribution in [-0.2, 0) is 19.0 Å². The van der Waals surface area contributed by atoms with Gasteiger partial charge in [0.15, 0.2) is 0 Å². The van der Waals surface area contributed by atoms with E-state index in [-0.39, 0.29) is 5.69 Å². The van der Waals surface area contributed by atoms with Gasteiger partial charge in [0.05, 0.1) is 37.1 Å². The molecule has 1 unspecified atom stereocenters. The first-order chi connectivity index (χ1) is 17.2. The van der Waals surface area contributed by atoms with Crippen LogP contribution in [0.25, 0.3) is 16.8 Å². The molecule has 0 bridgehead atoms. The van der Waals surface area contributed by atoms with E-state index in [0.29, 0.717) is 60.7 Å². The van der Waals surface area contributed by atoms with Gasteiger partial charge in [-0.05, 0) is 72.7 Å². The van der Waals surface area contributed by atoms with E-state index in [1.807, 2.05) is 4.90 Å². The number of pyridine rings is 1. The van der Waals surface area contributed by atoms with Crippen molar-refractivity contribution >= 4 is 5.69 Å². The average molecular weight is 501 g/mol. The number of hydrogen-bond acceptors (Lipinski definition) is 5. The molecule has 9 heteroatoms. The van der Waals surface area contributed by atoms with E-state index < -0.39 is 23.4 Å². The van der Waals surface area contributed by atoms with Gasteiger partial charge < -0.3 is 19.5 Å². The second kappa shape index (κ2) is 9.20. The quantitative estimate of drug-likeness (QED) is 0.555. The molecule has 1 aliphatic carbocycles.